The number of hydrogen-bond acceptors (Lipinski definition) is 3. The van der Waals surface area contributed by atoms with Crippen LogP contribution in [0.4, 0.5) is 0 Å². The van der Waals surface area contributed by atoms with E-state index in [4.69, 9.17) is 9.47 Å². The summed E-state index contributed by atoms with van der Waals surface area (Å²) in [6, 6.07) is 0. The molecule has 14 heavy (non-hydrogen) atoms. The minimum atomic E-state index is -0.101. The second-order valence-corrected chi connectivity index (χ2v) is 5.25. The van der Waals surface area contributed by atoms with Crippen LogP contribution in [-0.4, -0.2) is 33.1 Å². The van der Waals surface area contributed by atoms with Crippen molar-refractivity contribution in [3.8, 4) is 0 Å². The molecule has 0 amide bonds. The summed E-state index contributed by atoms with van der Waals surface area (Å²) < 4.78 is 10.1. The van der Waals surface area contributed by atoms with E-state index in [-0.39, 0.29) is 23.3 Å². The van der Waals surface area contributed by atoms with Gasteiger partial charge in [0, 0.05) is 5.82 Å². The van der Waals surface area contributed by atoms with E-state index in [1.54, 1.807) is 0 Å². The van der Waals surface area contributed by atoms with Crippen molar-refractivity contribution in [1.82, 2.24) is 0 Å². The third kappa shape index (κ3) is 4.65. The number of carbonyl (C=O) groups is 1. The number of ether oxygens (including phenoxy) is 2. The second-order valence-electron chi connectivity index (χ2n) is 5.25. The fourth-order valence-corrected chi connectivity index (χ4v) is 1.48. The molecule has 0 aliphatic carbocycles. The van der Waals surface area contributed by atoms with Crippen LogP contribution in [-0.2, 0) is 14.3 Å². The van der Waals surface area contributed by atoms with E-state index < -0.39 is 0 Å². The molecule has 0 bridgehead atoms. The molecule has 4 heteroatoms. The van der Waals surface area contributed by atoms with Gasteiger partial charge in [0.2, 0.25) is 0 Å². The Hall–Kier alpha value is -0.505. The third-order valence-corrected chi connectivity index (χ3v) is 2.13. The van der Waals surface area contributed by atoms with Crippen LogP contribution in [0.15, 0.2) is 0 Å². The average molecular weight is 198 g/mol. The van der Waals surface area contributed by atoms with Crippen LogP contribution in [0.5, 0.6) is 0 Å². The highest BCUT2D eigenvalue weighted by atomic mass is 16.6. The van der Waals surface area contributed by atoms with Crippen LogP contribution in [0.1, 0.15) is 27.2 Å². The van der Waals surface area contributed by atoms with Crippen LogP contribution < -0.4 is 0 Å². The van der Waals surface area contributed by atoms with E-state index >= 15 is 0 Å². The maximum atomic E-state index is 11.5. The molecule has 0 N–H and O–H groups in total. The summed E-state index contributed by atoms with van der Waals surface area (Å²) >= 11 is 0. The molecule has 1 fully saturated rings. The predicted molar refractivity (Wildman–Crippen MR) is 57.1 cm³/mol. The summed E-state index contributed by atoms with van der Waals surface area (Å²) in [7, 11) is 1.92. The quantitative estimate of drug-likeness (QED) is 0.380. The maximum Gasteiger partial charge on any atom is 0.300 e. The first kappa shape index (κ1) is 11.6. The summed E-state index contributed by atoms with van der Waals surface area (Å²) in [6.45, 7) is 7.54. The number of hydrogen-bond donors (Lipinski definition) is 0. The molecule has 1 rings (SSSR count). The zero-order valence-electron chi connectivity index (χ0n) is 9.50. The number of rotatable bonds is 4. The molecule has 1 saturated heterocycles. The lowest BCUT2D eigenvalue weighted by molar-refractivity contribution is -0.144. The Morgan fingerprint density at radius 2 is 2.21 bits per heavy atom. The number of epoxide rings is 1. The summed E-state index contributed by atoms with van der Waals surface area (Å²) in [4.78, 5) is 11.5. The lowest BCUT2D eigenvalue weighted by Crippen LogP contribution is -2.20. The van der Waals surface area contributed by atoms with Crippen molar-refractivity contribution in [2.45, 2.75) is 39.1 Å². The van der Waals surface area contributed by atoms with Gasteiger partial charge in [0.15, 0.2) is 0 Å². The molecule has 2 unspecified atom stereocenters. The monoisotopic (exact) mass is 198 g/mol. The fourth-order valence-electron chi connectivity index (χ4n) is 1.48. The van der Waals surface area contributed by atoms with Gasteiger partial charge in [0.05, 0.1) is 6.61 Å². The Bertz CT molecular complexity index is 206. The minimum absolute atomic E-state index is 0.0197. The molecule has 1 aliphatic heterocycles. The topological polar surface area (TPSA) is 38.8 Å². The zero-order valence-corrected chi connectivity index (χ0v) is 9.50. The normalized spacial score (nSPS) is 22.9. The van der Waals surface area contributed by atoms with Crippen molar-refractivity contribution in [3.63, 3.8) is 0 Å². The largest absolute Gasteiger partial charge is 0.463 e. The van der Waals surface area contributed by atoms with Crippen LogP contribution in [0.3, 0.4) is 0 Å². The molecular weight excluding hydrogens is 179 g/mol. The SMILES string of the molecule is BC(CC(C)(C)C)C(=O)OCC1CO1. The molecule has 0 aromatic rings. The standard InChI is InChI=1S/C10H19BO3/c1-10(2,3)4-8(11)9(12)14-6-7-5-13-7/h7-8H,4-6,11H2,1-3H3. The van der Waals surface area contributed by atoms with Crippen LogP contribution in [0.2, 0.25) is 5.82 Å². The predicted octanol–water partition coefficient (Wildman–Crippen LogP) is 0.786. The van der Waals surface area contributed by atoms with Crippen molar-refractivity contribution >= 4 is 13.8 Å². The molecule has 0 aromatic heterocycles. The Morgan fingerprint density at radius 1 is 1.64 bits per heavy atom. The highest BCUT2D eigenvalue weighted by Gasteiger charge is 2.27. The number of esters is 1. The van der Waals surface area contributed by atoms with Gasteiger partial charge >= 0.3 is 5.97 Å². The Morgan fingerprint density at radius 3 is 2.64 bits per heavy atom. The van der Waals surface area contributed by atoms with Crippen molar-refractivity contribution in [1.29, 1.82) is 0 Å². The molecule has 0 radical (unpaired) electrons. The summed E-state index contributed by atoms with van der Waals surface area (Å²) in [5, 5.41) is 0. The first-order valence-electron chi connectivity index (χ1n) is 5.17. The molecule has 0 spiro atoms. The van der Waals surface area contributed by atoms with Crippen LogP contribution >= 0.6 is 0 Å². The van der Waals surface area contributed by atoms with Gasteiger partial charge in [0.1, 0.15) is 20.6 Å². The maximum absolute atomic E-state index is 11.5. The van der Waals surface area contributed by atoms with Gasteiger partial charge < -0.3 is 9.47 Å². The smallest absolute Gasteiger partial charge is 0.300 e. The van der Waals surface area contributed by atoms with Crippen LogP contribution in [0.25, 0.3) is 0 Å². The molecule has 3 nitrogen and oxygen atoms in total. The minimum Gasteiger partial charge on any atom is -0.463 e. The molecule has 2 atom stereocenters. The Balaban J connectivity index is 2.20. The first-order chi connectivity index (χ1) is 6.38. The Kier molecular flexibility index (Phi) is 3.59. The number of carbonyl (C=O) groups excluding carboxylic acids is 1. The van der Waals surface area contributed by atoms with Crippen molar-refractivity contribution in [2.24, 2.45) is 5.41 Å². The van der Waals surface area contributed by atoms with Gasteiger partial charge in [-0.25, -0.2) is 0 Å². The van der Waals surface area contributed by atoms with Gasteiger partial charge in [-0.1, -0.05) is 20.8 Å². The van der Waals surface area contributed by atoms with Crippen molar-refractivity contribution in [2.75, 3.05) is 13.2 Å². The molecular formula is C10H19BO3. The van der Waals surface area contributed by atoms with Gasteiger partial charge in [0.25, 0.3) is 0 Å². The molecule has 1 heterocycles. The highest BCUT2D eigenvalue weighted by molar-refractivity contribution is 6.22. The van der Waals surface area contributed by atoms with E-state index in [1.165, 1.54) is 0 Å². The Labute approximate surface area is 86.6 Å². The molecule has 0 aromatic carbocycles. The van der Waals surface area contributed by atoms with Gasteiger partial charge in [-0.2, -0.15) is 0 Å². The van der Waals surface area contributed by atoms with Gasteiger partial charge in [-0.05, 0) is 11.8 Å². The van der Waals surface area contributed by atoms with Crippen molar-refractivity contribution < 1.29 is 14.3 Å². The highest BCUT2D eigenvalue weighted by Crippen LogP contribution is 2.26. The van der Waals surface area contributed by atoms with Gasteiger partial charge in [-0.3, -0.25) is 4.79 Å². The van der Waals surface area contributed by atoms with Gasteiger partial charge in [-0.15, -0.1) is 0 Å². The zero-order chi connectivity index (χ0) is 10.8. The molecule has 1 aliphatic rings. The first-order valence-corrected chi connectivity index (χ1v) is 5.17. The molecule has 0 saturated carbocycles. The van der Waals surface area contributed by atoms with Crippen LogP contribution in [0, 0.1) is 5.41 Å². The lowest BCUT2D eigenvalue weighted by atomic mass is 9.75. The van der Waals surface area contributed by atoms with E-state index in [0.29, 0.717) is 6.61 Å². The summed E-state index contributed by atoms with van der Waals surface area (Å²) in [6.07, 6.45) is 1.03. The lowest BCUT2D eigenvalue weighted by Gasteiger charge is -2.21. The van der Waals surface area contributed by atoms with E-state index in [1.807, 2.05) is 7.85 Å². The molecule has 80 valence electrons. The average Bonchev–Trinajstić information content (AvgIpc) is 2.79. The second kappa shape index (κ2) is 4.34. The van der Waals surface area contributed by atoms with E-state index in [0.717, 1.165) is 13.0 Å². The van der Waals surface area contributed by atoms with Crippen molar-refractivity contribution in [3.05, 3.63) is 0 Å². The summed E-state index contributed by atoms with van der Waals surface area (Å²) in [5.41, 5.74) is 0.175. The fraction of sp³-hybridized carbons (Fsp3) is 0.900. The van der Waals surface area contributed by atoms with E-state index in [9.17, 15) is 4.79 Å². The van der Waals surface area contributed by atoms with E-state index in [2.05, 4.69) is 20.8 Å². The summed E-state index contributed by atoms with van der Waals surface area (Å²) in [5.74, 6) is -0.121. The third-order valence-electron chi connectivity index (χ3n) is 2.13.